The topological polar surface area (TPSA) is 45.2 Å². The van der Waals surface area contributed by atoms with Gasteiger partial charge >= 0.3 is 0 Å². The quantitative estimate of drug-likeness (QED) is 0.887. The summed E-state index contributed by atoms with van der Waals surface area (Å²) in [6, 6.07) is 0.0210. The number of carbonyl (C=O) groups is 1. The average molecular weight is 267 g/mol. The van der Waals surface area contributed by atoms with Crippen LogP contribution in [0.2, 0.25) is 0 Å². The predicted octanol–water partition coefficient (Wildman–Crippen LogP) is 1.94. The molecule has 0 spiro atoms. The van der Waals surface area contributed by atoms with Gasteiger partial charge in [0.05, 0.1) is 17.6 Å². The monoisotopic (exact) mass is 267 g/mol. The summed E-state index contributed by atoms with van der Waals surface area (Å²) in [6.07, 6.45) is 5.01. The van der Waals surface area contributed by atoms with Crippen LogP contribution in [0.5, 0.6) is 0 Å². The molecule has 1 aromatic rings. The van der Waals surface area contributed by atoms with E-state index in [1.165, 1.54) is 4.88 Å². The molecule has 5 heteroatoms. The van der Waals surface area contributed by atoms with Crippen molar-refractivity contribution in [2.24, 2.45) is 0 Å². The minimum absolute atomic E-state index is 0.0210. The molecule has 1 aliphatic rings. The van der Waals surface area contributed by atoms with E-state index in [1.807, 2.05) is 18.0 Å². The third-order valence-electron chi connectivity index (χ3n) is 3.19. The van der Waals surface area contributed by atoms with Gasteiger partial charge < -0.3 is 10.2 Å². The number of rotatable bonds is 5. The van der Waals surface area contributed by atoms with Crippen LogP contribution in [-0.4, -0.2) is 34.9 Å². The Hall–Kier alpha value is -0.940. The first kappa shape index (κ1) is 13.5. The number of carbonyl (C=O) groups excluding carboxylic acids is 1. The first-order valence-corrected chi connectivity index (χ1v) is 7.46. The van der Waals surface area contributed by atoms with Gasteiger partial charge in [-0.2, -0.15) is 0 Å². The van der Waals surface area contributed by atoms with Crippen molar-refractivity contribution in [1.29, 1.82) is 0 Å². The van der Waals surface area contributed by atoms with E-state index in [1.54, 1.807) is 11.3 Å². The van der Waals surface area contributed by atoms with Crippen LogP contribution in [0.3, 0.4) is 0 Å². The van der Waals surface area contributed by atoms with E-state index in [9.17, 15) is 4.79 Å². The molecule has 1 N–H and O–H groups in total. The molecule has 0 saturated carbocycles. The number of nitrogens with one attached hydrogen (secondary N) is 1. The highest BCUT2D eigenvalue weighted by molar-refractivity contribution is 7.11. The SMILES string of the molecule is CCCNC1CCCN(Cc2cnc(C)s2)C1=O. The zero-order valence-electron chi connectivity index (χ0n) is 11.1. The highest BCUT2D eigenvalue weighted by Crippen LogP contribution is 2.18. The van der Waals surface area contributed by atoms with Crippen molar-refractivity contribution in [2.75, 3.05) is 13.1 Å². The van der Waals surface area contributed by atoms with E-state index in [4.69, 9.17) is 0 Å². The van der Waals surface area contributed by atoms with Crippen LogP contribution < -0.4 is 5.32 Å². The molecule has 1 unspecified atom stereocenters. The molecule has 1 amide bonds. The standard InChI is InChI=1S/C13H21N3OS/c1-3-6-14-12-5-4-7-16(13(12)17)9-11-8-15-10(2)18-11/h8,12,14H,3-7,9H2,1-2H3. The number of hydrogen-bond donors (Lipinski definition) is 1. The van der Waals surface area contributed by atoms with Crippen molar-refractivity contribution in [3.63, 3.8) is 0 Å². The molecule has 1 atom stereocenters. The van der Waals surface area contributed by atoms with Gasteiger partial charge in [-0.25, -0.2) is 4.98 Å². The Balaban J connectivity index is 1.93. The summed E-state index contributed by atoms with van der Waals surface area (Å²) in [7, 11) is 0. The smallest absolute Gasteiger partial charge is 0.240 e. The zero-order valence-corrected chi connectivity index (χ0v) is 11.9. The summed E-state index contributed by atoms with van der Waals surface area (Å²) in [5, 5.41) is 4.40. The zero-order chi connectivity index (χ0) is 13.0. The fourth-order valence-corrected chi connectivity index (χ4v) is 3.08. The lowest BCUT2D eigenvalue weighted by atomic mass is 10.0. The second kappa shape index (κ2) is 6.29. The number of aromatic nitrogens is 1. The van der Waals surface area contributed by atoms with Gasteiger partial charge in [-0.15, -0.1) is 11.3 Å². The second-order valence-corrected chi connectivity index (χ2v) is 6.07. The molecule has 2 rings (SSSR count). The Morgan fingerprint density at radius 2 is 2.44 bits per heavy atom. The minimum atomic E-state index is 0.0210. The maximum Gasteiger partial charge on any atom is 0.240 e. The van der Waals surface area contributed by atoms with E-state index in [2.05, 4.69) is 17.2 Å². The van der Waals surface area contributed by atoms with Crippen molar-refractivity contribution in [2.45, 2.75) is 45.7 Å². The van der Waals surface area contributed by atoms with Crippen LogP contribution in [0.1, 0.15) is 36.1 Å². The van der Waals surface area contributed by atoms with Crippen molar-refractivity contribution in [3.8, 4) is 0 Å². The second-order valence-electron chi connectivity index (χ2n) is 4.75. The fraction of sp³-hybridized carbons (Fsp3) is 0.692. The first-order chi connectivity index (χ1) is 8.70. The van der Waals surface area contributed by atoms with Gasteiger partial charge in [-0.05, 0) is 32.7 Å². The molecule has 1 fully saturated rings. The lowest BCUT2D eigenvalue weighted by molar-refractivity contribution is -0.136. The molecule has 18 heavy (non-hydrogen) atoms. The average Bonchev–Trinajstić information content (AvgIpc) is 2.76. The molecule has 1 aliphatic heterocycles. The lowest BCUT2D eigenvalue weighted by Gasteiger charge is -2.32. The lowest BCUT2D eigenvalue weighted by Crippen LogP contribution is -2.50. The number of aryl methyl sites for hydroxylation is 1. The van der Waals surface area contributed by atoms with Gasteiger partial charge in [-0.1, -0.05) is 6.92 Å². The molecule has 2 heterocycles. The molecule has 1 saturated heterocycles. The fourth-order valence-electron chi connectivity index (χ4n) is 2.27. The van der Waals surface area contributed by atoms with Gasteiger partial charge in [0.1, 0.15) is 0 Å². The largest absolute Gasteiger partial charge is 0.336 e. The minimum Gasteiger partial charge on any atom is -0.336 e. The molecule has 100 valence electrons. The summed E-state index contributed by atoms with van der Waals surface area (Å²) >= 11 is 1.68. The Morgan fingerprint density at radius 1 is 1.61 bits per heavy atom. The molecule has 1 aromatic heterocycles. The van der Waals surface area contributed by atoms with E-state index < -0.39 is 0 Å². The summed E-state index contributed by atoms with van der Waals surface area (Å²) in [5.41, 5.74) is 0. The Morgan fingerprint density at radius 3 is 3.11 bits per heavy atom. The number of nitrogens with zero attached hydrogens (tertiary/aromatic N) is 2. The number of hydrogen-bond acceptors (Lipinski definition) is 4. The molecule has 0 aromatic carbocycles. The van der Waals surface area contributed by atoms with Crippen LogP contribution in [-0.2, 0) is 11.3 Å². The maximum absolute atomic E-state index is 12.3. The van der Waals surface area contributed by atoms with Gasteiger partial charge in [0.25, 0.3) is 0 Å². The van der Waals surface area contributed by atoms with Crippen LogP contribution in [0.25, 0.3) is 0 Å². The summed E-state index contributed by atoms with van der Waals surface area (Å²) in [5.74, 6) is 0.251. The molecular formula is C13H21N3OS. The van der Waals surface area contributed by atoms with E-state index in [0.717, 1.165) is 37.4 Å². The number of amides is 1. The van der Waals surface area contributed by atoms with Crippen molar-refractivity contribution in [1.82, 2.24) is 15.2 Å². The van der Waals surface area contributed by atoms with Crippen LogP contribution >= 0.6 is 11.3 Å². The summed E-state index contributed by atoms with van der Waals surface area (Å²) < 4.78 is 0. The molecule has 0 bridgehead atoms. The van der Waals surface area contributed by atoms with Gasteiger partial charge in [0, 0.05) is 17.6 Å². The van der Waals surface area contributed by atoms with Crippen molar-refractivity contribution >= 4 is 17.2 Å². The maximum atomic E-state index is 12.3. The molecule has 0 radical (unpaired) electrons. The third-order valence-corrected chi connectivity index (χ3v) is 4.08. The predicted molar refractivity (Wildman–Crippen MR) is 73.6 cm³/mol. The van der Waals surface area contributed by atoms with Gasteiger partial charge in [0.2, 0.25) is 5.91 Å². The van der Waals surface area contributed by atoms with E-state index in [0.29, 0.717) is 6.54 Å². The van der Waals surface area contributed by atoms with Crippen LogP contribution in [0.15, 0.2) is 6.20 Å². The highest BCUT2D eigenvalue weighted by Gasteiger charge is 2.28. The van der Waals surface area contributed by atoms with Crippen LogP contribution in [0, 0.1) is 6.92 Å². The number of likely N-dealkylation sites (tertiary alicyclic amines) is 1. The third kappa shape index (κ3) is 3.29. The van der Waals surface area contributed by atoms with Crippen molar-refractivity contribution in [3.05, 3.63) is 16.1 Å². The Bertz CT molecular complexity index is 405. The van der Waals surface area contributed by atoms with E-state index in [-0.39, 0.29) is 11.9 Å². The van der Waals surface area contributed by atoms with Gasteiger partial charge in [0.15, 0.2) is 0 Å². The number of thiazole rings is 1. The molecule has 4 nitrogen and oxygen atoms in total. The molecule has 0 aliphatic carbocycles. The normalized spacial score (nSPS) is 20.4. The molecular weight excluding hydrogens is 246 g/mol. The number of piperidine rings is 1. The Labute approximate surface area is 112 Å². The highest BCUT2D eigenvalue weighted by atomic mass is 32.1. The van der Waals surface area contributed by atoms with Gasteiger partial charge in [-0.3, -0.25) is 4.79 Å². The van der Waals surface area contributed by atoms with Crippen molar-refractivity contribution < 1.29 is 4.79 Å². The summed E-state index contributed by atoms with van der Waals surface area (Å²) in [6.45, 7) is 6.63. The van der Waals surface area contributed by atoms with E-state index >= 15 is 0 Å². The Kier molecular flexibility index (Phi) is 4.72. The summed E-state index contributed by atoms with van der Waals surface area (Å²) in [4.78, 5) is 19.7. The first-order valence-electron chi connectivity index (χ1n) is 6.64. The van der Waals surface area contributed by atoms with Crippen LogP contribution in [0.4, 0.5) is 0 Å².